The molecule has 3 heteroatoms. The van der Waals surface area contributed by atoms with Crippen molar-refractivity contribution in [1.82, 2.24) is 4.90 Å². The number of carbonyl (C=O) groups is 1. The third-order valence-corrected chi connectivity index (χ3v) is 3.49. The van der Waals surface area contributed by atoms with Gasteiger partial charge in [0.25, 0.3) is 5.91 Å². The molecule has 0 aliphatic carbocycles. The van der Waals surface area contributed by atoms with Gasteiger partial charge in [0.05, 0.1) is 0 Å². The van der Waals surface area contributed by atoms with Gasteiger partial charge in [-0.3, -0.25) is 4.79 Å². The Morgan fingerprint density at radius 2 is 2.18 bits per heavy atom. The Balaban J connectivity index is 2.23. The van der Waals surface area contributed by atoms with Gasteiger partial charge < -0.3 is 4.90 Å². The largest absolute Gasteiger partial charge is 0.335 e. The maximum Gasteiger partial charge on any atom is 0.254 e. The van der Waals surface area contributed by atoms with Gasteiger partial charge in [-0.25, -0.2) is 0 Å². The lowest BCUT2D eigenvalue weighted by atomic mass is 10.0. The van der Waals surface area contributed by atoms with Gasteiger partial charge in [-0.15, -0.1) is 0 Å². The van der Waals surface area contributed by atoms with E-state index in [1.807, 2.05) is 29.2 Å². The number of fused-ring (bicyclic) bond motifs is 1. The van der Waals surface area contributed by atoms with E-state index in [4.69, 9.17) is 0 Å². The predicted molar refractivity (Wildman–Crippen MR) is 73.7 cm³/mol. The summed E-state index contributed by atoms with van der Waals surface area (Å²) in [6.07, 6.45) is 1.99. The zero-order valence-electron chi connectivity index (χ0n) is 9.85. The molecule has 1 aliphatic heterocycles. The fourth-order valence-corrected chi connectivity index (χ4v) is 2.25. The lowest BCUT2D eigenvalue weighted by Crippen LogP contribution is -2.32. The van der Waals surface area contributed by atoms with Crippen LogP contribution in [-0.2, 0) is 6.42 Å². The van der Waals surface area contributed by atoms with E-state index < -0.39 is 0 Å². The monoisotopic (exact) mass is 247 g/mol. The summed E-state index contributed by atoms with van der Waals surface area (Å²) >= 11 is 4.19. The third-order valence-electron chi connectivity index (χ3n) is 3.05. The lowest BCUT2D eigenvalue weighted by Gasteiger charge is -2.21. The Kier molecular flexibility index (Phi) is 3.89. The SMILES string of the molecule is C=C(CS)CN1CCCc2ccccc2C1=O. The van der Waals surface area contributed by atoms with Crippen LogP contribution in [0, 0.1) is 0 Å². The van der Waals surface area contributed by atoms with Crippen molar-refractivity contribution in [1.29, 1.82) is 0 Å². The van der Waals surface area contributed by atoms with Gasteiger partial charge in [-0.2, -0.15) is 12.6 Å². The molecule has 2 rings (SSSR count). The minimum absolute atomic E-state index is 0.126. The van der Waals surface area contributed by atoms with Crippen LogP contribution < -0.4 is 0 Å². The summed E-state index contributed by atoms with van der Waals surface area (Å²) in [5.74, 6) is 0.756. The summed E-state index contributed by atoms with van der Waals surface area (Å²) in [6.45, 7) is 5.35. The number of hydrogen-bond acceptors (Lipinski definition) is 2. The van der Waals surface area contributed by atoms with Crippen LogP contribution in [0.25, 0.3) is 0 Å². The number of amides is 1. The van der Waals surface area contributed by atoms with Gasteiger partial charge in [0.15, 0.2) is 0 Å². The van der Waals surface area contributed by atoms with Crippen molar-refractivity contribution in [2.24, 2.45) is 0 Å². The summed E-state index contributed by atoms with van der Waals surface area (Å²) in [5, 5.41) is 0. The van der Waals surface area contributed by atoms with Crippen LogP contribution in [0.2, 0.25) is 0 Å². The molecule has 0 fully saturated rings. The molecule has 90 valence electrons. The summed E-state index contributed by atoms with van der Waals surface area (Å²) in [4.78, 5) is 14.2. The molecular weight excluding hydrogens is 230 g/mol. The molecule has 0 saturated carbocycles. The highest BCUT2D eigenvalue weighted by Crippen LogP contribution is 2.19. The molecule has 1 aromatic rings. The van der Waals surface area contributed by atoms with Gasteiger partial charge >= 0.3 is 0 Å². The molecule has 0 radical (unpaired) electrons. The van der Waals surface area contributed by atoms with E-state index in [1.165, 1.54) is 0 Å². The van der Waals surface area contributed by atoms with Crippen LogP contribution in [0.3, 0.4) is 0 Å². The van der Waals surface area contributed by atoms with Crippen LogP contribution in [0.1, 0.15) is 22.3 Å². The van der Waals surface area contributed by atoms with Crippen molar-refractivity contribution in [2.75, 3.05) is 18.8 Å². The Labute approximate surface area is 108 Å². The Hall–Kier alpha value is -1.22. The van der Waals surface area contributed by atoms with E-state index >= 15 is 0 Å². The third kappa shape index (κ3) is 2.72. The molecule has 2 nitrogen and oxygen atoms in total. The highest BCUT2D eigenvalue weighted by atomic mass is 32.1. The number of aryl methyl sites for hydroxylation is 1. The van der Waals surface area contributed by atoms with Crippen LogP contribution in [-0.4, -0.2) is 29.6 Å². The van der Waals surface area contributed by atoms with Crippen molar-refractivity contribution in [3.8, 4) is 0 Å². The average Bonchev–Trinajstić information content (AvgIpc) is 2.51. The fraction of sp³-hybridized carbons (Fsp3) is 0.357. The second-order valence-corrected chi connectivity index (χ2v) is 4.71. The van der Waals surface area contributed by atoms with Crippen LogP contribution in [0.5, 0.6) is 0 Å². The van der Waals surface area contributed by atoms with Crippen molar-refractivity contribution in [2.45, 2.75) is 12.8 Å². The molecule has 1 heterocycles. The van der Waals surface area contributed by atoms with Crippen molar-refractivity contribution >= 4 is 18.5 Å². The molecule has 17 heavy (non-hydrogen) atoms. The van der Waals surface area contributed by atoms with E-state index in [-0.39, 0.29) is 5.91 Å². The summed E-state index contributed by atoms with van der Waals surface area (Å²) in [7, 11) is 0. The fourth-order valence-electron chi connectivity index (χ4n) is 2.15. The van der Waals surface area contributed by atoms with E-state index in [0.29, 0.717) is 12.3 Å². The van der Waals surface area contributed by atoms with Crippen LogP contribution in [0.4, 0.5) is 0 Å². The maximum absolute atomic E-state index is 12.3. The predicted octanol–water partition coefficient (Wildman–Crippen LogP) is 2.56. The summed E-state index contributed by atoms with van der Waals surface area (Å²) in [5.41, 5.74) is 2.99. The molecule has 0 unspecified atom stereocenters. The topological polar surface area (TPSA) is 20.3 Å². The average molecular weight is 247 g/mol. The summed E-state index contributed by atoms with van der Waals surface area (Å²) < 4.78 is 0. The first-order valence-electron chi connectivity index (χ1n) is 5.87. The standard InChI is InChI=1S/C14H17NOS/c1-11(10-17)9-15-8-4-6-12-5-2-3-7-13(12)14(15)16/h2-3,5,7,17H,1,4,6,8-10H2. The number of rotatable bonds is 3. The van der Waals surface area contributed by atoms with Gasteiger partial charge in [-0.1, -0.05) is 24.8 Å². The van der Waals surface area contributed by atoms with E-state index in [9.17, 15) is 4.79 Å². The molecule has 1 amide bonds. The minimum Gasteiger partial charge on any atom is -0.335 e. The van der Waals surface area contributed by atoms with Crippen LogP contribution in [0.15, 0.2) is 36.4 Å². The number of hydrogen-bond donors (Lipinski definition) is 1. The van der Waals surface area contributed by atoms with Crippen molar-refractivity contribution in [3.63, 3.8) is 0 Å². The zero-order valence-corrected chi connectivity index (χ0v) is 10.7. The Morgan fingerprint density at radius 1 is 1.41 bits per heavy atom. The van der Waals surface area contributed by atoms with Gasteiger partial charge in [0.2, 0.25) is 0 Å². The van der Waals surface area contributed by atoms with Crippen molar-refractivity contribution < 1.29 is 4.79 Å². The Bertz CT molecular complexity index is 442. The van der Waals surface area contributed by atoms with E-state index in [2.05, 4.69) is 19.2 Å². The van der Waals surface area contributed by atoms with Crippen LogP contribution >= 0.6 is 12.6 Å². The maximum atomic E-state index is 12.3. The first-order chi connectivity index (χ1) is 8.22. The minimum atomic E-state index is 0.126. The van der Waals surface area contributed by atoms with Crippen molar-refractivity contribution in [3.05, 3.63) is 47.5 Å². The molecular formula is C14H17NOS. The molecule has 1 aromatic carbocycles. The molecule has 0 aromatic heterocycles. The number of nitrogens with zero attached hydrogens (tertiary/aromatic N) is 1. The van der Waals surface area contributed by atoms with Gasteiger partial charge in [0.1, 0.15) is 0 Å². The normalized spacial score (nSPS) is 15.4. The zero-order chi connectivity index (χ0) is 12.3. The number of carbonyl (C=O) groups excluding carboxylic acids is 1. The van der Waals surface area contributed by atoms with Gasteiger partial charge in [-0.05, 0) is 30.0 Å². The number of thiol groups is 1. The molecule has 0 atom stereocenters. The first-order valence-corrected chi connectivity index (χ1v) is 6.50. The molecule has 0 bridgehead atoms. The lowest BCUT2D eigenvalue weighted by molar-refractivity contribution is 0.0775. The molecule has 0 N–H and O–H groups in total. The van der Waals surface area contributed by atoms with Gasteiger partial charge in [0, 0.05) is 24.4 Å². The molecule has 0 saturated heterocycles. The number of benzene rings is 1. The quantitative estimate of drug-likeness (QED) is 0.643. The molecule has 0 spiro atoms. The van der Waals surface area contributed by atoms with E-state index in [0.717, 1.165) is 36.1 Å². The Morgan fingerprint density at radius 3 is 2.94 bits per heavy atom. The summed E-state index contributed by atoms with van der Waals surface area (Å²) in [6, 6.07) is 7.88. The second kappa shape index (κ2) is 5.41. The smallest absolute Gasteiger partial charge is 0.254 e. The highest BCUT2D eigenvalue weighted by molar-refractivity contribution is 7.80. The van der Waals surface area contributed by atoms with E-state index in [1.54, 1.807) is 0 Å². The highest BCUT2D eigenvalue weighted by Gasteiger charge is 2.21. The molecule has 1 aliphatic rings. The first kappa shape index (κ1) is 12.2. The second-order valence-electron chi connectivity index (χ2n) is 4.40.